The van der Waals surface area contributed by atoms with Crippen molar-refractivity contribution in [2.75, 3.05) is 32.9 Å². The summed E-state index contributed by atoms with van der Waals surface area (Å²) in [4.78, 5) is 26.7. The molecule has 0 bridgehead atoms. The van der Waals surface area contributed by atoms with Crippen molar-refractivity contribution >= 4 is 24.2 Å². The summed E-state index contributed by atoms with van der Waals surface area (Å²) in [5.74, 6) is -0.378. The fourth-order valence-electron chi connectivity index (χ4n) is 3.27. The molecule has 3 atom stereocenters. The van der Waals surface area contributed by atoms with E-state index in [0.29, 0.717) is 39.3 Å². The highest BCUT2D eigenvalue weighted by molar-refractivity contribution is 5.93. The number of carbonyl (C=O) groups is 2. The number of hydrogen-bond donors (Lipinski definition) is 2. The van der Waals surface area contributed by atoms with Gasteiger partial charge in [-0.1, -0.05) is 13.8 Å². The Morgan fingerprint density at radius 2 is 1.96 bits per heavy atom. The highest BCUT2D eigenvalue weighted by Crippen LogP contribution is 2.49. The fraction of sp³-hybridized carbons (Fsp3) is 0.875. The summed E-state index contributed by atoms with van der Waals surface area (Å²) >= 11 is 0. The lowest BCUT2D eigenvalue weighted by atomic mass is 9.54. The Hall–Kier alpha value is -0.890. The second kappa shape index (κ2) is 7.99. The van der Waals surface area contributed by atoms with Crippen LogP contribution in [0.1, 0.15) is 34.1 Å². The predicted octanol–water partition coefficient (Wildman–Crippen LogP) is 0.304. The van der Waals surface area contributed by atoms with Crippen molar-refractivity contribution in [1.29, 1.82) is 0 Å². The second-order valence-electron chi connectivity index (χ2n) is 6.97. The van der Waals surface area contributed by atoms with Gasteiger partial charge in [-0.25, -0.2) is 0 Å². The molecule has 1 aliphatic heterocycles. The number of rotatable bonds is 5. The molecule has 1 saturated heterocycles. The van der Waals surface area contributed by atoms with Gasteiger partial charge in [0.15, 0.2) is 0 Å². The summed E-state index contributed by atoms with van der Waals surface area (Å²) < 4.78 is 10.9. The Bertz CT molecular complexity index is 468. The number of morpholine rings is 1. The van der Waals surface area contributed by atoms with Crippen LogP contribution in [0.2, 0.25) is 0 Å². The summed E-state index contributed by atoms with van der Waals surface area (Å²) in [5.41, 5.74) is 4.86. The van der Waals surface area contributed by atoms with Crippen LogP contribution >= 0.6 is 12.4 Å². The first-order valence-electron chi connectivity index (χ1n) is 8.32. The molecule has 1 saturated carbocycles. The topological polar surface area (TPSA) is 93.9 Å². The normalized spacial score (nSPS) is 29.9. The molecule has 0 spiro atoms. The zero-order valence-electron chi connectivity index (χ0n) is 15.0. The molecule has 7 nitrogen and oxygen atoms in total. The predicted molar refractivity (Wildman–Crippen MR) is 93.0 cm³/mol. The van der Waals surface area contributed by atoms with E-state index < -0.39 is 17.0 Å². The molecule has 0 aromatic heterocycles. The second-order valence-corrected chi connectivity index (χ2v) is 6.97. The maximum Gasteiger partial charge on any atom is 0.245 e. The average molecular weight is 364 g/mol. The van der Waals surface area contributed by atoms with Crippen molar-refractivity contribution < 1.29 is 19.1 Å². The summed E-state index contributed by atoms with van der Waals surface area (Å²) in [6, 6.07) is -0.594. The van der Waals surface area contributed by atoms with Crippen LogP contribution in [0.5, 0.6) is 0 Å². The Balaban J connectivity index is 0.00000288. The van der Waals surface area contributed by atoms with E-state index in [1.54, 1.807) is 11.8 Å². The van der Waals surface area contributed by atoms with Gasteiger partial charge in [-0.15, -0.1) is 12.4 Å². The van der Waals surface area contributed by atoms with Gasteiger partial charge in [0, 0.05) is 31.5 Å². The molecule has 2 fully saturated rings. The van der Waals surface area contributed by atoms with Crippen LogP contribution in [0, 0.1) is 5.41 Å². The molecule has 24 heavy (non-hydrogen) atoms. The van der Waals surface area contributed by atoms with Crippen molar-refractivity contribution in [1.82, 2.24) is 10.2 Å². The number of ether oxygens (including phenoxy) is 2. The van der Waals surface area contributed by atoms with E-state index in [4.69, 9.17) is 15.2 Å². The van der Waals surface area contributed by atoms with Crippen LogP contribution in [-0.2, 0) is 19.1 Å². The zero-order chi connectivity index (χ0) is 17.3. The number of carbonyl (C=O) groups excluding carboxylic acids is 2. The van der Waals surface area contributed by atoms with Crippen molar-refractivity contribution in [3.63, 3.8) is 0 Å². The highest BCUT2D eigenvalue weighted by Gasteiger charge is 2.63. The SMILES string of the molecule is CCOC1CC(N)(C(=O)NC(C)C(=O)N2CCOCC2)C1(C)C.Cl. The van der Waals surface area contributed by atoms with E-state index in [1.165, 1.54) is 0 Å². The largest absolute Gasteiger partial charge is 0.378 e. The molecule has 0 aromatic carbocycles. The minimum absolute atomic E-state index is 0. The minimum Gasteiger partial charge on any atom is -0.378 e. The first-order valence-corrected chi connectivity index (χ1v) is 8.32. The van der Waals surface area contributed by atoms with Gasteiger partial charge in [-0.2, -0.15) is 0 Å². The molecular formula is C16H30ClN3O4. The van der Waals surface area contributed by atoms with Gasteiger partial charge in [0.1, 0.15) is 11.6 Å². The van der Waals surface area contributed by atoms with Crippen LogP contribution < -0.4 is 11.1 Å². The molecule has 140 valence electrons. The van der Waals surface area contributed by atoms with Crippen LogP contribution in [0.25, 0.3) is 0 Å². The summed E-state index contributed by atoms with van der Waals surface area (Å²) in [5, 5.41) is 2.79. The Kier molecular flexibility index (Phi) is 7.04. The first kappa shape index (κ1) is 21.2. The van der Waals surface area contributed by atoms with Crippen molar-refractivity contribution in [2.24, 2.45) is 11.1 Å². The van der Waals surface area contributed by atoms with Gasteiger partial charge in [-0.3, -0.25) is 9.59 Å². The van der Waals surface area contributed by atoms with E-state index >= 15 is 0 Å². The van der Waals surface area contributed by atoms with E-state index in [-0.39, 0.29) is 30.3 Å². The quantitative estimate of drug-likeness (QED) is 0.733. The molecule has 1 heterocycles. The van der Waals surface area contributed by atoms with Crippen molar-refractivity contribution in [2.45, 2.75) is 51.8 Å². The third-order valence-electron chi connectivity index (χ3n) is 5.28. The van der Waals surface area contributed by atoms with Crippen molar-refractivity contribution in [3.8, 4) is 0 Å². The molecular weight excluding hydrogens is 334 g/mol. The molecule has 1 aliphatic carbocycles. The molecule has 0 aromatic rings. The maximum absolute atomic E-state index is 12.6. The molecule has 0 radical (unpaired) electrons. The summed E-state index contributed by atoms with van der Waals surface area (Å²) in [7, 11) is 0. The smallest absolute Gasteiger partial charge is 0.245 e. The molecule has 2 amide bonds. The Morgan fingerprint density at radius 1 is 1.38 bits per heavy atom. The number of nitrogens with two attached hydrogens (primary N) is 1. The van der Waals surface area contributed by atoms with Crippen molar-refractivity contribution in [3.05, 3.63) is 0 Å². The molecule has 3 unspecified atom stereocenters. The van der Waals surface area contributed by atoms with E-state index in [9.17, 15) is 9.59 Å². The van der Waals surface area contributed by atoms with Crippen LogP contribution in [0.4, 0.5) is 0 Å². The molecule has 2 rings (SSSR count). The molecule has 2 aliphatic rings. The van der Waals surface area contributed by atoms with E-state index in [1.807, 2.05) is 20.8 Å². The molecule has 3 N–H and O–H groups in total. The van der Waals surface area contributed by atoms with Crippen LogP contribution in [0.3, 0.4) is 0 Å². The van der Waals surface area contributed by atoms with E-state index in [0.717, 1.165) is 0 Å². The van der Waals surface area contributed by atoms with Crippen LogP contribution in [-0.4, -0.2) is 67.3 Å². The van der Waals surface area contributed by atoms with Gasteiger partial charge in [0.05, 0.1) is 19.3 Å². The molecule has 8 heteroatoms. The highest BCUT2D eigenvalue weighted by atomic mass is 35.5. The first-order chi connectivity index (χ1) is 10.7. The van der Waals surface area contributed by atoms with Gasteiger partial charge >= 0.3 is 0 Å². The van der Waals surface area contributed by atoms with Gasteiger partial charge < -0.3 is 25.4 Å². The third kappa shape index (κ3) is 3.69. The van der Waals surface area contributed by atoms with E-state index in [2.05, 4.69) is 5.32 Å². The Morgan fingerprint density at radius 3 is 2.46 bits per heavy atom. The monoisotopic (exact) mass is 363 g/mol. The number of nitrogens with one attached hydrogen (secondary N) is 1. The lowest BCUT2D eigenvalue weighted by Crippen LogP contribution is -2.76. The number of amides is 2. The van der Waals surface area contributed by atoms with Gasteiger partial charge in [-0.05, 0) is 13.8 Å². The third-order valence-corrected chi connectivity index (χ3v) is 5.28. The summed E-state index contributed by atoms with van der Waals surface area (Å²) in [6.45, 7) is 10.3. The standard InChI is InChI=1S/C16H29N3O4.ClH/c1-5-23-12-10-16(17,15(12,3)4)14(21)18-11(2)13(20)19-6-8-22-9-7-19;/h11-12H,5-10,17H2,1-4H3,(H,18,21);1H. The number of hydrogen-bond acceptors (Lipinski definition) is 5. The van der Waals surface area contributed by atoms with Gasteiger partial charge in [0.2, 0.25) is 11.8 Å². The number of halogens is 1. The fourth-order valence-corrected chi connectivity index (χ4v) is 3.27. The van der Waals surface area contributed by atoms with Crippen LogP contribution in [0.15, 0.2) is 0 Å². The average Bonchev–Trinajstić information content (AvgIpc) is 2.54. The lowest BCUT2D eigenvalue weighted by molar-refractivity contribution is -0.171. The summed E-state index contributed by atoms with van der Waals surface area (Å²) in [6.07, 6.45) is 0.437. The number of nitrogens with zero attached hydrogens (tertiary/aromatic N) is 1. The maximum atomic E-state index is 12.6. The van der Waals surface area contributed by atoms with Gasteiger partial charge in [0.25, 0.3) is 0 Å². The Labute approximate surface area is 150 Å². The zero-order valence-corrected chi connectivity index (χ0v) is 15.8. The lowest BCUT2D eigenvalue weighted by Gasteiger charge is -2.57. The minimum atomic E-state index is -1.01.